The third-order valence-electron chi connectivity index (χ3n) is 3.89. The Bertz CT molecular complexity index is 681. The molecule has 0 saturated carbocycles. The number of hydrogen-bond donors (Lipinski definition) is 2. The van der Waals surface area contributed by atoms with Crippen LogP contribution in [0.25, 0.3) is 0 Å². The van der Waals surface area contributed by atoms with E-state index < -0.39 is 0 Å². The zero-order chi connectivity index (χ0) is 16.2. The van der Waals surface area contributed by atoms with Crippen molar-refractivity contribution >= 4 is 17.3 Å². The molecule has 0 unspecified atom stereocenters. The Labute approximate surface area is 140 Å². The van der Waals surface area contributed by atoms with E-state index in [1.807, 2.05) is 6.92 Å². The van der Waals surface area contributed by atoms with Gasteiger partial charge in [0.25, 0.3) is 0 Å². The minimum absolute atomic E-state index is 0.540. The van der Waals surface area contributed by atoms with Gasteiger partial charge in [-0.25, -0.2) is 9.98 Å². The Morgan fingerprint density at radius 3 is 2.91 bits per heavy atom. The van der Waals surface area contributed by atoms with Crippen molar-refractivity contribution in [2.75, 3.05) is 6.54 Å². The van der Waals surface area contributed by atoms with Crippen LogP contribution in [0.1, 0.15) is 40.6 Å². The first-order chi connectivity index (χ1) is 11.2. The molecule has 1 aliphatic rings. The number of aromatic nitrogens is 4. The van der Waals surface area contributed by atoms with Crippen LogP contribution < -0.4 is 10.6 Å². The number of aliphatic imine (C=N–C) groups is 1. The average molecular weight is 333 g/mol. The van der Waals surface area contributed by atoms with Crippen LogP contribution in [0.15, 0.2) is 4.99 Å². The fraction of sp³-hybridized carbons (Fsp3) is 0.600. The Kier molecular flexibility index (Phi) is 4.90. The topological polar surface area (TPSA) is 80.0 Å². The highest BCUT2D eigenvalue weighted by atomic mass is 32.1. The van der Waals surface area contributed by atoms with Gasteiger partial charge in [-0.2, -0.15) is 0 Å². The van der Waals surface area contributed by atoms with Crippen LogP contribution >= 0.6 is 11.3 Å². The predicted octanol–water partition coefficient (Wildman–Crippen LogP) is 1.55. The molecule has 2 aromatic heterocycles. The number of nitrogens with one attached hydrogen (secondary N) is 2. The summed E-state index contributed by atoms with van der Waals surface area (Å²) in [6, 6.07) is 0. The van der Waals surface area contributed by atoms with E-state index in [1.54, 1.807) is 11.3 Å². The van der Waals surface area contributed by atoms with Gasteiger partial charge in [0.2, 0.25) is 0 Å². The summed E-state index contributed by atoms with van der Waals surface area (Å²) in [6.45, 7) is 9.25. The molecule has 7 nitrogen and oxygen atoms in total. The summed E-state index contributed by atoms with van der Waals surface area (Å²) in [5.41, 5.74) is 1.10. The average Bonchev–Trinajstić information content (AvgIpc) is 3.20. The largest absolute Gasteiger partial charge is 0.357 e. The van der Waals surface area contributed by atoms with E-state index in [-0.39, 0.29) is 0 Å². The fourth-order valence-corrected chi connectivity index (χ4v) is 3.47. The summed E-state index contributed by atoms with van der Waals surface area (Å²) in [6.07, 6.45) is 2.18. The number of aryl methyl sites for hydroxylation is 3. The monoisotopic (exact) mass is 333 g/mol. The molecule has 0 saturated heterocycles. The number of nitrogens with zero attached hydrogens (tertiary/aromatic N) is 5. The highest BCUT2D eigenvalue weighted by Gasteiger charge is 2.16. The van der Waals surface area contributed by atoms with Gasteiger partial charge in [0, 0.05) is 24.4 Å². The molecule has 23 heavy (non-hydrogen) atoms. The van der Waals surface area contributed by atoms with Crippen LogP contribution in [0.4, 0.5) is 0 Å². The minimum atomic E-state index is 0.540. The first-order valence-corrected chi connectivity index (χ1v) is 8.85. The van der Waals surface area contributed by atoms with Crippen molar-refractivity contribution in [1.82, 2.24) is 30.4 Å². The van der Waals surface area contributed by atoms with Gasteiger partial charge in [0.15, 0.2) is 11.8 Å². The quantitative estimate of drug-likeness (QED) is 0.641. The Morgan fingerprint density at radius 1 is 1.30 bits per heavy atom. The van der Waals surface area contributed by atoms with Crippen LogP contribution in [0.2, 0.25) is 0 Å². The second kappa shape index (κ2) is 7.08. The second-order valence-electron chi connectivity index (χ2n) is 5.59. The van der Waals surface area contributed by atoms with Gasteiger partial charge in [-0.1, -0.05) is 0 Å². The number of rotatable bonds is 5. The van der Waals surface area contributed by atoms with E-state index in [1.165, 1.54) is 4.88 Å². The number of thiazole rings is 1. The third kappa shape index (κ3) is 3.69. The zero-order valence-electron chi connectivity index (χ0n) is 13.9. The second-order valence-corrected chi connectivity index (χ2v) is 6.87. The van der Waals surface area contributed by atoms with Crippen molar-refractivity contribution in [2.24, 2.45) is 4.99 Å². The summed E-state index contributed by atoms with van der Waals surface area (Å²) in [5, 5.41) is 16.1. The number of guanidine groups is 1. The molecule has 0 fully saturated rings. The van der Waals surface area contributed by atoms with Crippen LogP contribution in [0, 0.1) is 13.8 Å². The van der Waals surface area contributed by atoms with E-state index in [0.717, 1.165) is 54.2 Å². The van der Waals surface area contributed by atoms with Crippen molar-refractivity contribution < 1.29 is 0 Å². The van der Waals surface area contributed by atoms with Crippen molar-refractivity contribution in [3.63, 3.8) is 0 Å². The van der Waals surface area contributed by atoms with E-state index in [9.17, 15) is 0 Å². The molecule has 0 amide bonds. The first kappa shape index (κ1) is 15.9. The van der Waals surface area contributed by atoms with Gasteiger partial charge in [-0.05, 0) is 27.2 Å². The molecule has 0 aliphatic carbocycles. The van der Waals surface area contributed by atoms with Crippen LogP contribution in [-0.2, 0) is 26.1 Å². The molecular formula is C15H23N7S. The summed E-state index contributed by atoms with van der Waals surface area (Å²) in [4.78, 5) is 10.4. The summed E-state index contributed by atoms with van der Waals surface area (Å²) < 4.78 is 2.18. The minimum Gasteiger partial charge on any atom is -0.357 e. The SMILES string of the molecule is CCNC(=NCc1nnc2n1CCC2)NCc1nc(C)c(C)s1. The van der Waals surface area contributed by atoms with E-state index in [4.69, 9.17) is 0 Å². The van der Waals surface area contributed by atoms with Gasteiger partial charge in [0.1, 0.15) is 17.4 Å². The predicted molar refractivity (Wildman–Crippen MR) is 91.6 cm³/mol. The van der Waals surface area contributed by atoms with E-state index in [2.05, 4.69) is 49.2 Å². The van der Waals surface area contributed by atoms with E-state index in [0.29, 0.717) is 13.1 Å². The molecule has 0 spiro atoms. The number of hydrogen-bond acceptors (Lipinski definition) is 5. The molecule has 124 valence electrons. The normalized spacial score (nSPS) is 14.1. The summed E-state index contributed by atoms with van der Waals surface area (Å²) in [5.74, 6) is 2.81. The summed E-state index contributed by atoms with van der Waals surface area (Å²) >= 11 is 1.72. The fourth-order valence-electron chi connectivity index (χ4n) is 2.59. The van der Waals surface area contributed by atoms with Crippen LogP contribution in [-0.4, -0.2) is 32.3 Å². The molecule has 3 rings (SSSR count). The Balaban J connectivity index is 1.63. The van der Waals surface area contributed by atoms with Crippen LogP contribution in [0.5, 0.6) is 0 Å². The van der Waals surface area contributed by atoms with Gasteiger partial charge in [-0.3, -0.25) is 0 Å². The van der Waals surface area contributed by atoms with Crippen LogP contribution in [0.3, 0.4) is 0 Å². The molecule has 0 aromatic carbocycles. The van der Waals surface area contributed by atoms with Crippen molar-refractivity contribution in [3.8, 4) is 0 Å². The van der Waals surface area contributed by atoms with Crippen molar-refractivity contribution in [2.45, 2.75) is 53.2 Å². The Morgan fingerprint density at radius 2 is 2.17 bits per heavy atom. The van der Waals surface area contributed by atoms with Gasteiger partial charge >= 0.3 is 0 Å². The highest BCUT2D eigenvalue weighted by Crippen LogP contribution is 2.16. The lowest BCUT2D eigenvalue weighted by atomic mass is 10.4. The van der Waals surface area contributed by atoms with Crippen molar-refractivity contribution in [1.29, 1.82) is 0 Å². The highest BCUT2D eigenvalue weighted by molar-refractivity contribution is 7.11. The maximum Gasteiger partial charge on any atom is 0.192 e. The molecular weight excluding hydrogens is 310 g/mol. The number of fused-ring (bicyclic) bond motifs is 1. The molecule has 0 atom stereocenters. The molecule has 2 N–H and O–H groups in total. The Hall–Kier alpha value is -1.96. The zero-order valence-corrected chi connectivity index (χ0v) is 14.7. The maximum atomic E-state index is 4.63. The summed E-state index contributed by atoms with van der Waals surface area (Å²) in [7, 11) is 0. The smallest absolute Gasteiger partial charge is 0.192 e. The first-order valence-electron chi connectivity index (χ1n) is 8.03. The lowest BCUT2D eigenvalue weighted by molar-refractivity contribution is 0.684. The van der Waals surface area contributed by atoms with Gasteiger partial charge in [0.05, 0.1) is 12.2 Å². The van der Waals surface area contributed by atoms with Crippen molar-refractivity contribution in [3.05, 3.63) is 27.2 Å². The van der Waals surface area contributed by atoms with Gasteiger partial charge < -0.3 is 15.2 Å². The maximum absolute atomic E-state index is 4.63. The molecule has 1 aliphatic heterocycles. The molecule has 8 heteroatoms. The molecule has 0 radical (unpaired) electrons. The van der Waals surface area contributed by atoms with E-state index >= 15 is 0 Å². The van der Waals surface area contributed by atoms with Gasteiger partial charge in [-0.15, -0.1) is 21.5 Å². The third-order valence-corrected chi connectivity index (χ3v) is 4.96. The molecule has 0 bridgehead atoms. The lowest BCUT2D eigenvalue weighted by Gasteiger charge is -2.10. The standard InChI is InChI=1S/C15H23N7S/c1-4-16-15(18-9-14-19-10(2)11(3)23-14)17-8-13-21-20-12-6-5-7-22(12)13/h4-9H2,1-3H3,(H2,16,17,18). The lowest BCUT2D eigenvalue weighted by Crippen LogP contribution is -2.36. The molecule has 2 aromatic rings. The molecule has 3 heterocycles.